The summed E-state index contributed by atoms with van der Waals surface area (Å²) in [5, 5.41) is 15.0. The van der Waals surface area contributed by atoms with Crippen LogP contribution in [0.5, 0.6) is 0 Å². The van der Waals surface area contributed by atoms with Crippen molar-refractivity contribution in [1.29, 1.82) is 0 Å². The lowest BCUT2D eigenvalue weighted by atomic mass is 9.96. The lowest BCUT2D eigenvalue weighted by Crippen LogP contribution is -2.43. The number of aromatic nitrogens is 2. The molecule has 2 aromatic rings. The topological polar surface area (TPSA) is 119 Å². The fourth-order valence-electron chi connectivity index (χ4n) is 3.64. The van der Waals surface area contributed by atoms with E-state index in [9.17, 15) is 23.3 Å². The molecule has 1 aromatic heterocycles. The number of benzene rings is 1. The van der Waals surface area contributed by atoms with E-state index in [0.717, 1.165) is 12.2 Å². The number of nitro benzene ring substituents is 1. The number of carbonyl (C=O) groups is 1. The number of aryl methyl sites for hydroxylation is 1. The van der Waals surface area contributed by atoms with E-state index in [0.29, 0.717) is 19.4 Å². The van der Waals surface area contributed by atoms with Crippen LogP contribution < -0.4 is 0 Å². The number of non-ortho nitro benzene ring substituents is 1. The Morgan fingerprint density at radius 1 is 1.23 bits per heavy atom. The second-order valence-corrected chi connectivity index (χ2v) is 9.20. The van der Waals surface area contributed by atoms with Gasteiger partial charge < -0.3 is 4.90 Å². The first kappa shape index (κ1) is 21.9. The Labute approximate surface area is 175 Å². The minimum Gasteiger partial charge on any atom is -0.340 e. The molecular formula is C19H25N5O5S. The third-order valence-electron chi connectivity index (χ3n) is 5.37. The molecule has 0 unspecified atom stereocenters. The monoisotopic (exact) mass is 435 g/mol. The van der Waals surface area contributed by atoms with Crippen molar-refractivity contribution in [3.63, 3.8) is 0 Å². The normalized spacial score (nSPS) is 15.8. The Hall–Kier alpha value is -2.79. The molecule has 0 radical (unpaired) electrons. The first-order chi connectivity index (χ1) is 14.2. The van der Waals surface area contributed by atoms with Crippen molar-refractivity contribution in [3.05, 3.63) is 52.3 Å². The molecule has 1 fully saturated rings. The molecule has 30 heavy (non-hydrogen) atoms. The summed E-state index contributed by atoms with van der Waals surface area (Å²) in [5.74, 6) is -0.248. The molecule has 10 nitrogen and oxygen atoms in total. The van der Waals surface area contributed by atoms with E-state index in [1.165, 1.54) is 28.6 Å². The predicted molar refractivity (Wildman–Crippen MR) is 109 cm³/mol. The van der Waals surface area contributed by atoms with Crippen molar-refractivity contribution in [2.24, 2.45) is 5.92 Å². The number of piperidine rings is 1. The fourth-order valence-corrected chi connectivity index (χ4v) is 5.11. The Kier molecular flexibility index (Phi) is 6.52. The summed E-state index contributed by atoms with van der Waals surface area (Å²) < 4.78 is 28.8. The molecule has 3 rings (SSSR count). The summed E-state index contributed by atoms with van der Waals surface area (Å²) in [6, 6.07) is 6.73. The number of rotatable bonds is 7. The van der Waals surface area contributed by atoms with Crippen LogP contribution in [-0.2, 0) is 27.9 Å². The van der Waals surface area contributed by atoms with Crippen LogP contribution >= 0.6 is 0 Å². The molecule has 1 aliphatic rings. The number of sulfonamides is 1. The van der Waals surface area contributed by atoms with E-state index in [-0.39, 0.29) is 35.5 Å². The molecule has 0 atom stereocenters. The highest BCUT2D eigenvalue weighted by Gasteiger charge is 2.33. The largest absolute Gasteiger partial charge is 0.340 e. The van der Waals surface area contributed by atoms with E-state index >= 15 is 0 Å². The maximum atomic E-state index is 12.8. The van der Waals surface area contributed by atoms with Gasteiger partial charge in [0.05, 0.1) is 22.1 Å². The number of nitro groups is 1. The van der Waals surface area contributed by atoms with Gasteiger partial charge in [0.25, 0.3) is 5.69 Å². The molecule has 2 heterocycles. The minimum absolute atomic E-state index is 0.00811. The first-order valence-electron chi connectivity index (χ1n) is 9.74. The van der Waals surface area contributed by atoms with Gasteiger partial charge in [0.2, 0.25) is 15.9 Å². The highest BCUT2D eigenvalue weighted by atomic mass is 32.2. The highest BCUT2D eigenvalue weighted by Crippen LogP contribution is 2.26. The average molecular weight is 436 g/mol. The summed E-state index contributed by atoms with van der Waals surface area (Å²) in [5.41, 5.74) is 0.789. The fraction of sp³-hybridized carbons (Fsp3) is 0.474. The van der Waals surface area contributed by atoms with Crippen molar-refractivity contribution in [2.45, 2.75) is 37.8 Å². The Balaban J connectivity index is 1.60. The van der Waals surface area contributed by atoms with Crippen LogP contribution in [0, 0.1) is 16.0 Å². The Morgan fingerprint density at radius 2 is 1.87 bits per heavy atom. The van der Waals surface area contributed by atoms with E-state index in [1.807, 2.05) is 17.7 Å². The zero-order valence-corrected chi connectivity index (χ0v) is 17.8. The Bertz CT molecular complexity index is 1010. The van der Waals surface area contributed by atoms with E-state index in [1.54, 1.807) is 18.1 Å². The van der Waals surface area contributed by atoms with Crippen molar-refractivity contribution >= 4 is 21.6 Å². The zero-order chi connectivity index (χ0) is 21.9. The number of nitrogens with zero attached hydrogens (tertiary/aromatic N) is 5. The maximum Gasteiger partial charge on any atom is 0.269 e. The molecule has 11 heteroatoms. The lowest BCUT2D eigenvalue weighted by molar-refractivity contribution is -0.384. The summed E-state index contributed by atoms with van der Waals surface area (Å²) in [6.45, 7) is 3.63. The molecule has 1 aromatic carbocycles. The molecule has 1 amide bonds. The van der Waals surface area contributed by atoms with Gasteiger partial charge >= 0.3 is 0 Å². The molecule has 0 saturated carbocycles. The van der Waals surface area contributed by atoms with Gasteiger partial charge in [-0.1, -0.05) is 0 Å². The van der Waals surface area contributed by atoms with Gasteiger partial charge in [-0.05, 0) is 38.0 Å². The quantitative estimate of drug-likeness (QED) is 0.484. The molecule has 0 bridgehead atoms. The molecule has 162 valence electrons. The van der Waals surface area contributed by atoms with Crippen LogP contribution in [0.4, 0.5) is 5.69 Å². The summed E-state index contributed by atoms with van der Waals surface area (Å²) in [4.78, 5) is 24.7. The summed E-state index contributed by atoms with van der Waals surface area (Å²) in [6.07, 6.45) is 2.57. The minimum atomic E-state index is -3.75. The molecule has 1 saturated heterocycles. The second-order valence-electron chi connectivity index (χ2n) is 7.26. The summed E-state index contributed by atoms with van der Waals surface area (Å²) >= 11 is 0. The third kappa shape index (κ3) is 4.51. The molecule has 1 aliphatic heterocycles. The zero-order valence-electron chi connectivity index (χ0n) is 17.0. The predicted octanol–water partition coefficient (Wildman–Crippen LogP) is 1.87. The van der Waals surface area contributed by atoms with Gasteiger partial charge in [-0.25, -0.2) is 8.42 Å². The number of hydrogen-bond donors (Lipinski definition) is 0. The Morgan fingerprint density at radius 3 is 2.43 bits per heavy atom. The van der Waals surface area contributed by atoms with Crippen LogP contribution in [0.3, 0.4) is 0 Å². The van der Waals surface area contributed by atoms with Crippen molar-refractivity contribution in [1.82, 2.24) is 19.0 Å². The number of hydrogen-bond acceptors (Lipinski definition) is 6. The van der Waals surface area contributed by atoms with E-state index in [4.69, 9.17) is 0 Å². The van der Waals surface area contributed by atoms with Gasteiger partial charge in [-0.15, -0.1) is 0 Å². The van der Waals surface area contributed by atoms with Crippen LogP contribution in [0.1, 0.15) is 25.5 Å². The van der Waals surface area contributed by atoms with Crippen LogP contribution in [-0.4, -0.2) is 58.4 Å². The lowest BCUT2D eigenvalue weighted by Gasteiger charge is -2.32. The van der Waals surface area contributed by atoms with Gasteiger partial charge in [-0.3, -0.25) is 19.6 Å². The van der Waals surface area contributed by atoms with Gasteiger partial charge in [-0.2, -0.15) is 9.40 Å². The van der Waals surface area contributed by atoms with Crippen molar-refractivity contribution in [2.75, 3.05) is 20.1 Å². The van der Waals surface area contributed by atoms with Gasteiger partial charge in [0.15, 0.2) is 0 Å². The molecule has 0 spiro atoms. The number of carbonyl (C=O) groups excluding carboxylic acids is 1. The van der Waals surface area contributed by atoms with Crippen molar-refractivity contribution in [3.8, 4) is 0 Å². The third-order valence-corrected chi connectivity index (χ3v) is 7.28. The number of amides is 1. The molecular weight excluding hydrogens is 410 g/mol. The van der Waals surface area contributed by atoms with E-state index < -0.39 is 14.9 Å². The SMILES string of the molecule is CCn1nccc1CN(C)C(=O)C1CCN(S(=O)(=O)c2ccc([N+](=O)[O-])cc2)CC1. The van der Waals surface area contributed by atoms with E-state index in [2.05, 4.69) is 5.10 Å². The smallest absolute Gasteiger partial charge is 0.269 e. The summed E-state index contributed by atoms with van der Waals surface area (Å²) in [7, 11) is -2.00. The maximum absolute atomic E-state index is 12.8. The van der Waals surface area contributed by atoms with Crippen LogP contribution in [0.2, 0.25) is 0 Å². The standard InChI is InChI=1S/C19H25N5O5S/c1-3-23-17(8-11-20-23)14-21(2)19(25)15-9-12-22(13-10-15)30(28,29)18-6-4-16(5-7-18)24(26)27/h4-8,11,15H,3,9-10,12-14H2,1-2H3. The van der Waals surface area contributed by atoms with Gasteiger partial charge in [0.1, 0.15) is 0 Å². The first-order valence-corrected chi connectivity index (χ1v) is 11.2. The van der Waals surface area contributed by atoms with Gasteiger partial charge in [0, 0.05) is 50.9 Å². The second kappa shape index (κ2) is 8.92. The molecule has 0 N–H and O–H groups in total. The van der Waals surface area contributed by atoms with Crippen LogP contribution in [0.15, 0.2) is 41.4 Å². The highest BCUT2D eigenvalue weighted by molar-refractivity contribution is 7.89. The molecule has 0 aliphatic carbocycles. The van der Waals surface area contributed by atoms with Crippen LogP contribution in [0.25, 0.3) is 0 Å². The average Bonchev–Trinajstić information content (AvgIpc) is 3.20. The van der Waals surface area contributed by atoms with Crippen molar-refractivity contribution < 1.29 is 18.1 Å².